The zero-order chi connectivity index (χ0) is 29.0. The highest BCUT2D eigenvalue weighted by Gasteiger charge is 2.27. The van der Waals surface area contributed by atoms with Crippen LogP contribution in [0, 0.1) is 17.2 Å². The topological polar surface area (TPSA) is 78.0 Å². The fourth-order valence-electron chi connectivity index (χ4n) is 6.00. The maximum absolute atomic E-state index is 10.4. The number of furan rings is 1. The third kappa shape index (κ3) is 5.45. The van der Waals surface area contributed by atoms with E-state index < -0.39 is 0 Å². The predicted octanol–water partition coefficient (Wildman–Crippen LogP) is 8.63. The molecule has 0 unspecified atom stereocenters. The highest BCUT2D eigenvalue weighted by atomic mass is 16.4. The zero-order valence-corrected chi connectivity index (χ0v) is 23.8. The SMILES string of the molecule is N#Cc1c(Nc2nc3ccccc3nc2N2CCC(Cc3ccccc3)CC2)oc(-c2ccccc2)c1-c1ccccc1. The largest absolute Gasteiger partial charge is 0.438 e. The summed E-state index contributed by atoms with van der Waals surface area (Å²) in [6.45, 7) is 1.76. The van der Waals surface area contributed by atoms with E-state index in [2.05, 4.69) is 46.6 Å². The fraction of sp³-hybridized carbons (Fsp3) is 0.162. The molecule has 1 aliphatic heterocycles. The van der Waals surface area contributed by atoms with Gasteiger partial charge in [-0.2, -0.15) is 5.26 Å². The second-order valence-electron chi connectivity index (χ2n) is 11.0. The van der Waals surface area contributed by atoms with Crippen LogP contribution in [0.4, 0.5) is 17.5 Å². The van der Waals surface area contributed by atoms with Gasteiger partial charge in [0.05, 0.1) is 11.0 Å². The maximum atomic E-state index is 10.4. The molecular weight excluding hydrogens is 530 g/mol. The summed E-state index contributed by atoms with van der Waals surface area (Å²) in [4.78, 5) is 12.4. The van der Waals surface area contributed by atoms with Gasteiger partial charge in [0, 0.05) is 24.2 Å². The van der Waals surface area contributed by atoms with Crippen LogP contribution in [0.1, 0.15) is 24.0 Å². The van der Waals surface area contributed by atoms with Gasteiger partial charge in [-0.25, -0.2) is 9.97 Å². The van der Waals surface area contributed by atoms with Crippen molar-refractivity contribution in [2.45, 2.75) is 19.3 Å². The van der Waals surface area contributed by atoms with Crippen LogP contribution in [0.15, 0.2) is 120 Å². The number of nitriles is 1. The zero-order valence-electron chi connectivity index (χ0n) is 23.8. The van der Waals surface area contributed by atoms with E-state index >= 15 is 0 Å². The summed E-state index contributed by atoms with van der Waals surface area (Å²) in [5.41, 5.74) is 6.02. The highest BCUT2D eigenvalue weighted by Crippen LogP contribution is 2.43. The number of piperidine rings is 1. The first kappa shape index (κ1) is 26.5. The Kier molecular flexibility index (Phi) is 7.29. The molecule has 6 nitrogen and oxygen atoms in total. The van der Waals surface area contributed by atoms with Crippen molar-refractivity contribution in [2.24, 2.45) is 5.92 Å². The van der Waals surface area contributed by atoms with Crippen LogP contribution in [0.2, 0.25) is 0 Å². The lowest BCUT2D eigenvalue weighted by molar-refractivity contribution is 0.402. The first-order valence-corrected chi connectivity index (χ1v) is 14.8. The molecular formula is C37H31N5O. The van der Waals surface area contributed by atoms with Crippen molar-refractivity contribution >= 4 is 28.6 Å². The summed E-state index contributed by atoms with van der Waals surface area (Å²) >= 11 is 0. The molecule has 0 bridgehead atoms. The highest BCUT2D eigenvalue weighted by molar-refractivity contribution is 5.90. The van der Waals surface area contributed by atoms with Crippen molar-refractivity contribution in [3.05, 3.63) is 126 Å². The Hall–Kier alpha value is -5.41. The second kappa shape index (κ2) is 11.8. The lowest BCUT2D eigenvalue weighted by Gasteiger charge is -2.33. The molecule has 1 fully saturated rings. The minimum atomic E-state index is 0.366. The third-order valence-electron chi connectivity index (χ3n) is 8.18. The average molecular weight is 562 g/mol. The van der Waals surface area contributed by atoms with Gasteiger partial charge in [-0.1, -0.05) is 103 Å². The monoisotopic (exact) mass is 561 g/mol. The van der Waals surface area contributed by atoms with Gasteiger partial charge in [-0.3, -0.25) is 0 Å². The molecule has 0 spiro atoms. The normalized spacial score (nSPS) is 13.6. The molecule has 3 heterocycles. The number of fused-ring (bicyclic) bond motifs is 1. The van der Waals surface area contributed by atoms with Gasteiger partial charge >= 0.3 is 0 Å². The summed E-state index contributed by atoms with van der Waals surface area (Å²) < 4.78 is 6.50. The number of anilines is 3. The van der Waals surface area contributed by atoms with Gasteiger partial charge in [-0.15, -0.1) is 0 Å². The van der Waals surface area contributed by atoms with Crippen molar-refractivity contribution in [2.75, 3.05) is 23.3 Å². The molecule has 1 aliphatic rings. The lowest BCUT2D eigenvalue weighted by Crippen LogP contribution is -2.35. The minimum absolute atomic E-state index is 0.366. The Morgan fingerprint density at radius 2 is 1.33 bits per heavy atom. The predicted molar refractivity (Wildman–Crippen MR) is 172 cm³/mol. The molecule has 0 atom stereocenters. The van der Waals surface area contributed by atoms with Crippen LogP contribution in [-0.2, 0) is 6.42 Å². The number of benzene rings is 4. The van der Waals surface area contributed by atoms with Crippen molar-refractivity contribution in [3.63, 3.8) is 0 Å². The fourth-order valence-corrected chi connectivity index (χ4v) is 6.00. The van der Waals surface area contributed by atoms with Crippen molar-refractivity contribution in [1.82, 2.24) is 9.97 Å². The van der Waals surface area contributed by atoms with E-state index in [1.54, 1.807) is 0 Å². The molecule has 6 aromatic rings. The van der Waals surface area contributed by atoms with Gasteiger partial charge < -0.3 is 14.6 Å². The third-order valence-corrected chi connectivity index (χ3v) is 8.18. The first-order valence-electron chi connectivity index (χ1n) is 14.8. The number of para-hydroxylation sites is 2. The number of hydrogen-bond acceptors (Lipinski definition) is 6. The summed E-state index contributed by atoms with van der Waals surface area (Å²) in [5, 5.41) is 13.9. The number of aromatic nitrogens is 2. The summed E-state index contributed by atoms with van der Waals surface area (Å²) in [6, 6.07) is 40.9. The molecule has 4 aromatic carbocycles. The number of hydrogen-bond donors (Lipinski definition) is 1. The van der Waals surface area contributed by atoms with E-state index in [4.69, 9.17) is 14.4 Å². The van der Waals surface area contributed by atoms with E-state index in [-0.39, 0.29) is 0 Å². The summed E-state index contributed by atoms with van der Waals surface area (Å²) in [5.74, 6) is 3.00. The molecule has 7 rings (SSSR count). The van der Waals surface area contributed by atoms with Gasteiger partial charge in [0.25, 0.3) is 0 Å². The first-order chi connectivity index (χ1) is 21.3. The molecule has 6 heteroatoms. The molecule has 210 valence electrons. The summed E-state index contributed by atoms with van der Waals surface area (Å²) in [6.07, 6.45) is 3.23. The van der Waals surface area contributed by atoms with Crippen molar-refractivity contribution in [1.29, 1.82) is 5.26 Å². The van der Waals surface area contributed by atoms with E-state index in [1.807, 2.05) is 84.9 Å². The standard InChI is InChI=1S/C37H31N5O/c38-25-30-33(28-14-6-2-7-15-28)34(29-16-8-3-9-17-29)43-37(30)41-35-36(40-32-19-11-10-18-31(32)39-35)42-22-20-27(21-23-42)24-26-12-4-1-5-13-26/h1-19,27H,20-24H2,(H,39,41). The van der Waals surface area contributed by atoms with Crippen LogP contribution < -0.4 is 10.2 Å². The smallest absolute Gasteiger partial charge is 0.217 e. The van der Waals surface area contributed by atoms with Gasteiger partial charge in [0.1, 0.15) is 17.4 Å². The van der Waals surface area contributed by atoms with Gasteiger partial charge in [-0.05, 0) is 48.4 Å². The lowest BCUT2D eigenvalue weighted by atomic mass is 9.90. The van der Waals surface area contributed by atoms with Crippen molar-refractivity contribution < 1.29 is 4.42 Å². The van der Waals surface area contributed by atoms with Crippen molar-refractivity contribution in [3.8, 4) is 28.5 Å². The summed E-state index contributed by atoms with van der Waals surface area (Å²) in [7, 11) is 0. The van der Waals surface area contributed by atoms with Crippen LogP contribution >= 0.6 is 0 Å². The molecule has 1 N–H and O–H groups in total. The van der Waals surface area contributed by atoms with Crippen LogP contribution in [-0.4, -0.2) is 23.1 Å². The van der Waals surface area contributed by atoms with Gasteiger partial charge in [0.2, 0.25) is 5.88 Å². The molecule has 1 saturated heterocycles. The Morgan fingerprint density at radius 1 is 0.744 bits per heavy atom. The molecule has 0 aliphatic carbocycles. The van der Waals surface area contributed by atoms with Crippen LogP contribution in [0.5, 0.6) is 0 Å². The van der Waals surface area contributed by atoms with E-state index in [9.17, 15) is 5.26 Å². The van der Waals surface area contributed by atoms with Crippen LogP contribution in [0.25, 0.3) is 33.5 Å². The Balaban J connectivity index is 1.26. The Morgan fingerprint density at radius 3 is 1.98 bits per heavy atom. The second-order valence-corrected chi connectivity index (χ2v) is 11.0. The van der Waals surface area contributed by atoms with E-state index in [1.165, 1.54) is 5.56 Å². The number of rotatable bonds is 7. The maximum Gasteiger partial charge on any atom is 0.217 e. The number of nitrogens with zero attached hydrogens (tertiary/aromatic N) is 4. The molecule has 2 aromatic heterocycles. The minimum Gasteiger partial charge on any atom is -0.438 e. The van der Waals surface area contributed by atoms with Crippen LogP contribution in [0.3, 0.4) is 0 Å². The quantitative estimate of drug-likeness (QED) is 0.210. The molecule has 0 saturated carbocycles. The van der Waals surface area contributed by atoms with Gasteiger partial charge in [0.15, 0.2) is 11.6 Å². The number of nitrogens with one attached hydrogen (secondary N) is 1. The molecule has 0 radical (unpaired) electrons. The van der Waals surface area contributed by atoms with E-state index in [0.29, 0.717) is 28.9 Å². The van der Waals surface area contributed by atoms with E-state index in [0.717, 1.165) is 65.9 Å². The molecule has 0 amide bonds. The molecule has 43 heavy (non-hydrogen) atoms. The average Bonchev–Trinajstić information content (AvgIpc) is 3.44. The Labute approximate surface area is 251 Å². The Bertz CT molecular complexity index is 1890.